The molecule has 0 bridgehead atoms. The molecule has 4 heteroatoms. The summed E-state index contributed by atoms with van der Waals surface area (Å²) in [4.78, 5) is 22.2. The SMILES string of the molecule is CCCCCCCCCCCCC(CCCCCCCC(=O)O)OC(=O)CC. The van der Waals surface area contributed by atoms with Crippen LogP contribution in [0.4, 0.5) is 0 Å². The molecule has 166 valence electrons. The molecule has 0 aromatic rings. The molecule has 0 radical (unpaired) electrons. The van der Waals surface area contributed by atoms with Gasteiger partial charge in [-0.3, -0.25) is 9.59 Å². The smallest absolute Gasteiger partial charge is 0.305 e. The van der Waals surface area contributed by atoms with E-state index in [-0.39, 0.29) is 18.5 Å². The Morgan fingerprint density at radius 2 is 1.11 bits per heavy atom. The molecule has 0 saturated carbocycles. The van der Waals surface area contributed by atoms with E-state index in [4.69, 9.17) is 9.84 Å². The van der Waals surface area contributed by atoms with E-state index >= 15 is 0 Å². The Kier molecular flexibility index (Phi) is 19.9. The first-order valence-corrected chi connectivity index (χ1v) is 12.0. The first-order chi connectivity index (χ1) is 13.6. The second kappa shape index (κ2) is 20.7. The van der Waals surface area contributed by atoms with E-state index in [1.807, 2.05) is 6.92 Å². The van der Waals surface area contributed by atoms with E-state index in [9.17, 15) is 9.59 Å². The minimum absolute atomic E-state index is 0.0699. The predicted molar refractivity (Wildman–Crippen MR) is 117 cm³/mol. The molecule has 0 aromatic carbocycles. The highest BCUT2D eigenvalue weighted by Crippen LogP contribution is 2.18. The lowest BCUT2D eigenvalue weighted by atomic mass is 10.0. The minimum Gasteiger partial charge on any atom is -0.481 e. The van der Waals surface area contributed by atoms with E-state index < -0.39 is 5.97 Å². The van der Waals surface area contributed by atoms with Crippen molar-refractivity contribution in [2.24, 2.45) is 0 Å². The fourth-order valence-electron chi connectivity index (χ4n) is 3.57. The molecule has 0 rings (SSSR count). The van der Waals surface area contributed by atoms with Crippen molar-refractivity contribution in [3.05, 3.63) is 0 Å². The Morgan fingerprint density at radius 3 is 1.54 bits per heavy atom. The molecule has 1 atom stereocenters. The number of carboxylic acid groups (broad SMARTS) is 1. The van der Waals surface area contributed by atoms with Crippen LogP contribution in [-0.2, 0) is 14.3 Å². The number of rotatable bonds is 21. The third kappa shape index (κ3) is 19.7. The Balaban J connectivity index is 3.73. The van der Waals surface area contributed by atoms with Crippen molar-refractivity contribution in [1.82, 2.24) is 0 Å². The maximum Gasteiger partial charge on any atom is 0.305 e. The number of carboxylic acids is 1. The Bertz CT molecular complexity index is 368. The van der Waals surface area contributed by atoms with Gasteiger partial charge in [0, 0.05) is 12.8 Å². The summed E-state index contributed by atoms with van der Waals surface area (Å²) in [6, 6.07) is 0. The van der Waals surface area contributed by atoms with Crippen molar-refractivity contribution in [2.45, 2.75) is 142 Å². The second-order valence-corrected chi connectivity index (χ2v) is 8.14. The van der Waals surface area contributed by atoms with Crippen LogP contribution in [0.15, 0.2) is 0 Å². The molecule has 0 aliphatic heterocycles. The third-order valence-corrected chi connectivity index (χ3v) is 5.38. The predicted octanol–water partition coefficient (Wildman–Crippen LogP) is 7.43. The number of hydrogen-bond acceptors (Lipinski definition) is 3. The van der Waals surface area contributed by atoms with Crippen LogP contribution in [0, 0.1) is 0 Å². The Morgan fingerprint density at radius 1 is 0.679 bits per heavy atom. The lowest BCUT2D eigenvalue weighted by Gasteiger charge is -2.17. The molecule has 0 aliphatic carbocycles. The average molecular weight is 399 g/mol. The van der Waals surface area contributed by atoms with Crippen LogP contribution >= 0.6 is 0 Å². The van der Waals surface area contributed by atoms with Crippen molar-refractivity contribution in [3.8, 4) is 0 Å². The molecule has 0 aromatic heterocycles. The first kappa shape index (κ1) is 26.9. The maximum absolute atomic E-state index is 11.7. The van der Waals surface area contributed by atoms with Gasteiger partial charge in [0.05, 0.1) is 0 Å². The van der Waals surface area contributed by atoms with Crippen molar-refractivity contribution in [2.75, 3.05) is 0 Å². The monoisotopic (exact) mass is 398 g/mol. The molecule has 0 spiro atoms. The lowest BCUT2D eigenvalue weighted by Crippen LogP contribution is -2.17. The summed E-state index contributed by atoms with van der Waals surface area (Å²) in [5.41, 5.74) is 0. The molecular formula is C24H46O4. The van der Waals surface area contributed by atoms with Gasteiger partial charge in [0.1, 0.15) is 6.10 Å². The van der Waals surface area contributed by atoms with E-state index in [1.165, 1.54) is 57.8 Å². The van der Waals surface area contributed by atoms with Crippen LogP contribution in [0.2, 0.25) is 0 Å². The van der Waals surface area contributed by atoms with Crippen molar-refractivity contribution in [1.29, 1.82) is 0 Å². The zero-order valence-electron chi connectivity index (χ0n) is 18.7. The zero-order chi connectivity index (χ0) is 20.9. The third-order valence-electron chi connectivity index (χ3n) is 5.38. The van der Waals surface area contributed by atoms with Crippen LogP contribution in [0.1, 0.15) is 136 Å². The van der Waals surface area contributed by atoms with Gasteiger partial charge in [-0.05, 0) is 32.1 Å². The normalized spacial score (nSPS) is 12.1. The zero-order valence-corrected chi connectivity index (χ0v) is 18.7. The lowest BCUT2D eigenvalue weighted by molar-refractivity contribution is -0.149. The van der Waals surface area contributed by atoms with Crippen molar-refractivity contribution >= 4 is 11.9 Å². The fourth-order valence-corrected chi connectivity index (χ4v) is 3.57. The van der Waals surface area contributed by atoms with Crippen LogP contribution in [-0.4, -0.2) is 23.1 Å². The fraction of sp³-hybridized carbons (Fsp3) is 0.917. The van der Waals surface area contributed by atoms with Gasteiger partial charge in [-0.25, -0.2) is 0 Å². The largest absolute Gasteiger partial charge is 0.481 e. The number of unbranched alkanes of at least 4 members (excludes halogenated alkanes) is 13. The molecule has 1 N–H and O–H groups in total. The summed E-state index contributed by atoms with van der Waals surface area (Å²) in [7, 11) is 0. The van der Waals surface area contributed by atoms with Gasteiger partial charge in [-0.15, -0.1) is 0 Å². The van der Waals surface area contributed by atoms with Gasteiger partial charge in [0.2, 0.25) is 0 Å². The molecule has 0 amide bonds. The summed E-state index contributed by atoms with van der Waals surface area (Å²) in [6.07, 6.45) is 20.9. The highest BCUT2D eigenvalue weighted by Gasteiger charge is 2.13. The van der Waals surface area contributed by atoms with Gasteiger partial charge in [0.15, 0.2) is 0 Å². The van der Waals surface area contributed by atoms with Crippen LogP contribution in [0.3, 0.4) is 0 Å². The van der Waals surface area contributed by atoms with Gasteiger partial charge in [-0.2, -0.15) is 0 Å². The first-order valence-electron chi connectivity index (χ1n) is 12.0. The number of esters is 1. The maximum atomic E-state index is 11.7. The van der Waals surface area contributed by atoms with E-state index in [2.05, 4.69) is 6.92 Å². The molecule has 0 fully saturated rings. The summed E-state index contributed by atoms with van der Waals surface area (Å²) in [6.45, 7) is 4.11. The molecule has 1 unspecified atom stereocenters. The second-order valence-electron chi connectivity index (χ2n) is 8.14. The number of hydrogen-bond donors (Lipinski definition) is 1. The van der Waals surface area contributed by atoms with Crippen LogP contribution in [0.25, 0.3) is 0 Å². The van der Waals surface area contributed by atoms with Gasteiger partial charge in [-0.1, -0.05) is 90.9 Å². The van der Waals surface area contributed by atoms with Gasteiger partial charge >= 0.3 is 11.9 Å². The summed E-state index contributed by atoms with van der Waals surface area (Å²) >= 11 is 0. The Hall–Kier alpha value is -1.06. The number of aliphatic carboxylic acids is 1. The van der Waals surface area contributed by atoms with E-state index in [0.717, 1.165) is 51.4 Å². The number of carbonyl (C=O) groups excluding carboxylic acids is 1. The molecule has 0 heterocycles. The number of ether oxygens (including phenoxy) is 1. The van der Waals surface area contributed by atoms with Crippen molar-refractivity contribution in [3.63, 3.8) is 0 Å². The Labute approximate surface area is 173 Å². The van der Waals surface area contributed by atoms with Crippen molar-refractivity contribution < 1.29 is 19.4 Å². The summed E-state index contributed by atoms with van der Waals surface area (Å²) < 4.78 is 5.62. The number of carbonyl (C=O) groups is 2. The van der Waals surface area contributed by atoms with Crippen LogP contribution < -0.4 is 0 Å². The quantitative estimate of drug-likeness (QED) is 0.161. The summed E-state index contributed by atoms with van der Waals surface area (Å²) in [5.74, 6) is -0.790. The van der Waals surface area contributed by atoms with Gasteiger partial charge in [0.25, 0.3) is 0 Å². The van der Waals surface area contributed by atoms with E-state index in [1.54, 1.807) is 0 Å². The topological polar surface area (TPSA) is 63.6 Å². The molecule has 28 heavy (non-hydrogen) atoms. The molecule has 4 nitrogen and oxygen atoms in total. The van der Waals surface area contributed by atoms with Gasteiger partial charge < -0.3 is 9.84 Å². The molecule has 0 aliphatic rings. The standard InChI is InChI=1S/C24H46O4/c1-3-5-6-7-8-9-10-11-13-16-19-22(28-24(27)4-2)20-17-14-12-15-18-21-23(25)26/h22H,3-21H2,1-2H3,(H,25,26). The molecule has 0 saturated heterocycles. The molecular weight excluding hydrogens is 352 g/mol. The van der Waals surface area contributed by atoms with E-state index in [0.29, 0.717) is 6.42 Å². The minimum atomic E-state index is -0.706. The average Bonchev–Trinajstić information content (AvgIpc) is 2.67. The highest BCUT2D eigenvalue weighted by molar-refractivity contribution is 5.69. The van der Waals surface area contributed by atoms with Crippen LogP contribution in [0.5, 0.6) is 0 Å². The highest BCUT2D eigenvalue weighted by atomic mass is 16.5. The summed E-state index contributed by atoms with van der Waals surface area (Å²) in [5, 5.41) is 8.64.